The monoisotopic (exact) mass is 264 g/mol. The van der Waals surface area contributed by atoms with Crippen molar-refractivity contribution in [3.63, 3.8) is 0 Å². The van der Waals surface area contributed by atoms with E-state index in [0.29, 0.717) is 31.1 Å². The molecule has 2 heterocycles. The number of hydrogen-bond acceptors (Lipinski definition) is 3. The molecule has 0 amide bonds. The SMILES string of the molecule is Cc1ccc([C@H](N2CCNCC2)C(F)(F)F)s1. The van der Waals surface area contributed by atoms with Gasteiger partial charge in [-0.2, -0.15) is 13.2 Å². The molecule has 1 atom stereocenters. The van der Waals surface area contributed by atoms with Gasteiger partial charge in [-0.05, 0) is 19.1 Å². The van der Waals surface area contributed by atoms with E-state index >= 15 is 0 Å². The van der Waals surface area contributed by atoms with E-state index in [9.17, 15) is 13.2 Å². The van der Waals surface area contributed by atoms with Gasteiger partial charge in [0.1, 0.15) is 6.04 Å². The molecular formula is C11H15F3N2S. The van der Waals surface area contributed by atoms with Gasteiger partial charge in [-0.15, -0.1) is 11.3 Å². The second-order valence-corrected chi connectivity index (χ2v) is 5.50. The molecule has 96 valence electrons. The molecule has 1 saturated heterocycles. The lowest BCUT2D eigenvalue weighted by molar-refractivity contribution is -0.186. The quantitative estimate of drug-likeness (QED) is 0.883. The van der Waals surface area contributed by atoms with Crippen LogP contribution >= 0.6 is 11.3 Å². The van der Waals surface area contributed by atoms with Crippen molar-refractivity contribution < 1.29 is 13.2 Å². The minimum absolute atomic E-state index is 0.400. The summed E-state index contributed by atoms with van der Waals surface area (Å²) in [4.78, 5) is 2.84. The number of aryl methyl sites for hydroxylation is 1. The van der Waals surface area contributed by atoms with E-state index < -0.39 is 12.2 Å². The van der Waals surface area contributed by atoms with Gasteiger partial charge < -0.3 is 5.32 Å². The first-order valence-corrected chi connectivity index (χ1v) is 6.38. The van der Waals surface area contributed by atoms with Crippen LogP contribution in [-0.4, -0.2) is 37.3 Å². The van der Waals surface area contributed by atoms with Gasteiger partial charge in [0.25, 0.3) is 0 Å². The Morgan fingerprint density at radius 2 is 1.94 bits per heavy atom. The Balaban J connectivity index is 2.24. The van der Waals surface area contributed by atoms with Crippen LogP contribution in [0.2, 0.25) is 0 Å². The normalized spacial score (nSPS) is 20.5. The van der Waals surface area contributed by atoms with Crippen LogP contribution in [0.5, 0.6) is 0 Å². The number of rotatable bonds is 2. The Bertz CT molecular complexity index is 369. The molecule has 0 spiro atoms. The van der Waals surface area contributed by atoms with E-state index in [1.54, 1.807) is 12.1 Å². The highest BCUT2D eigenvalue weighted by molar-refractivity contribution is 7.12. The fourth-order valence-electron chi connectivity index (χ4n) is 2.09. The van der Waals surface area contributed by atoms with Gasteiger partial charge in [0.05, 0.1) is 0 Å². The molecule has 17 heavy (non-hydrogen) atoms. The average Bonchev–Trinajstić information content (AvgIpc) is 2.64. The van der Waals surface area contributed by atoms with Gasteiger partial charge in [0, 0.05) is 35.9 Å². The van der Waals surface area contributed by atoms with Gasteiger partial charge in [-0.3, -0.25) is 4.90 Å². The first-order chi connectivity index (χ1) is 7.98. The summed E-state index contributed by atoms with van der Waals surface area (Å²) >= 11 is 1.23. The molecule has 0 unspecified atom stereocenters. The van der Waals surface area contributed by atoms with Crippen LogP contribution in [0.1, 0.15) is 15.8 Å². The fraction of sp³-hybridized carbons (Fsp3) is 0.636. The zero-order valence-corrected chi connectivity index (χ0v) is 10.4. The van der Waals surface area contributed by atoms with Crippen molar-refractivity contribution >= 4 is 11.3 Å². The first-order valence-electron chi connectivity index (χ1n) is 5.56. The summed E-state index contributed by atoms with van der Waals surface area (Å²) < 4.78 is 39.4. The van der Waals surface area contributed by atoms with Gasteiger partial charge in [0.15, 0.2) is 0 Å². The number of nitrogens with one attached hydrogen (secondary N) is 1. The highest BCUT2D eigenvalue weighted by Crippen LogP contribution is 2.40. The Labute approximate surface area is 102 Å². The lowest BCUT2D eigenvalue weighted by Crippen LogP contribution is -2.48. The van der Waals surface area contributed by atoms with Crippen LogP contribution < -0.4 is 5.32 Å². The maximum atomic E-state index is 13.1. The van der Waals surface area contributed by atoms with Gasteiger partial charge in [-0.25, -0.2) is 0 Å². The van der Waals surface area contributed by atoms with Gasteiger partial charge in [0.2, 0.25) is 0 Å². The van der Waals surface area contributed by atoms with Crippen LogP contribution in [0.15, 0.2) is 12.1 Å². The summed E-state index contributed by atoms with van der Waals surface area (Å²) in [6, 6.07) is 1.91. The second kappa shape index (κ2) is 4.96. The third kappa shape index (κ3) is 3.00. The zero-order chi connectivity index (χ0) is 12.5. The van der Waals surface area contributed by atoms with Crippen molar-refractivity contribution in [3.8, 4) is 0 Å². The molecule has 1 aromatic heterocycles. The first kappa shape index (κ1) is 12.9. The number of halogens is 3. The molecule has 0 aliphatic carbocycles. The summed E-state index contributed by atoms with van der Waals surface area (Å²) in [5.74, 6) is 0. The van der Waals surface area contributed by atoms with E-state index in [1.165, 1.54) is 16.2 Å². The third-order valence-electron chi connectivity index (χ3n) is 2.86. The zero-order valence-electron chi connectivity index (χ0n) is 9.55. The topological polar surface area (TPSA) is 15.3 Å². The van der Waals surface area contributed by atoms with Crippen LogP contribution in [0.4, 0.5) is 13.2 Å². The van der Waals surface area contributed by atoms with Crippen LogP contribution in [0.25, 0.3) is 0 Å². The van der Waals surface area contributed by atoms with E-state index in [-0.39, 0.29) is 0 Å². The molecule has 1 aromatic rings. The Hall–Kier alpha value is -0.590. The summed E-state index contributed by atoms with van der Waals surface area (Å²) in [5, 5.41) is 3.07. The number of nitrogens with zero attached hydrogens (tertiary/aromatic N) is 1. The molecule has 1 aliphatic rings. The largest absolute Gasteiger partial charge is 0.408 e. The molecule has 1 aliphatic heterocycles. The Kier molecular flexibility index (Phi) is 3.75. The summed E-state index contributed by atoms with van der Waals surface area (Å²) in [6.07, 6.45) is -4.20. The molecule has 0 bridgehead atoms. The second-order valence-electron chi connectivity index (χ2n) is 4.18. The molecule has 6 heteroatoms. The maximum Gasteiger partial charge on any atom is 0.408 e. The van der Waals surface area contributed by atoms with E-state index in [4.69, 9.17) is 0 Å². The highest BCUT2D eigenvalue weighted by Gasteiger charge is 2.45. The molecule has 1 N–H and O–H groups in total. The molecular weight excluding hydrogens is 249 g/mol. The smallest absolute Gasteiger partial charge is 0.314 e. The fourth-order valence-corrected chi connectivity index (χ4v) is 3.13. The molecule has 2 nitrogen and oxygen atoms in total. The van der Waals surface area contributed by atoms with Crippen molar-refractivity contribution in [3.05, 3.63) is 21.9 Å². The average molecular weight is 264 g/mol. The van der Waals surface area contributed by atoms with Crippen molar-refractivity contribution in [1.29, 1.82) is 0 Å². The summed E-state index contributed by atoms with van der Waals surface area (Å²) in [5.41, 5.74) is 0. The van der Waals surface area contributed by atoms with E-state index in [0.717, 1.165) is 4.88 Å². The van der Waals surface area contributed by atoms with Gasteiger partial charge >= 0.3 is 6.18 Å². The highest BCUT2D eigenvalue weighted by atomic mass is 32.1. The number of alkyl halides is 3. The molecule has 0 saturated carbocycles. The molecule has 0 radical (unpaired) electrons. The maximum absolute atomic E-state index is 13.1. The van der Waals surface area contributed by atoms with Crippen LogP contribution in [0.3, 0.4) is 0 Å². The van der Waals surface area contributed by atoms with Crippen molar-refractivity contribution in [2.45, 2.75) is 19.1 Å². The Morgan fingerprint density at radius 1 is 1.29 bits per heavy atom. The van der Waals surface area contributed by atoms with Crippen LogP contribution in [-0.2, 0) is 0 Å². The Morgan fingerprint density at radius 3 is 2.41 bits per heavy atom. The molecule has 0 aromatic carbocycles. The molecule has 1 fully saturated rings. The van der Waals surface area contributed by atoms with E-state index in [1.807, 2.05) is 6.92 Å². The summed E-state index contributed by atoms with van der Waals surface area (Å²) in [7, 11) is 0. The van der Waals surface area contributed by atoms with Crippen molar-refractivity contribution in [1.82, 2.24) is 10.2 Å². The number of hydrogen-bond donors (Lipinski definition) is 1. The summed E-state index contributed by atoms with van der Waals surface area (Å²) in [6.45, 7) is 3.97. The minimum Gasteiger partial charge on any atom is -0.314 e. The lowest BCUT2D eigenvalue weighted by Gasteiger charge is -2.35. The third-order valence-corrected chi connectivity index (χ3v) is 3.91. The predicted octanol–water partition coefficient (Wildman–Crippen LogP) is 2.57. The predicted molar refractivity (Wildman–Crippen MR) is 62.3 cm³/mol. The van der Waals surface area contributed by atoms with Crippen LogP contribution in [0, 0.1) is 6.92 Å². The molecule has 2 rings (SSSR count). The van der Waals surface area contributed by atoms with E-state index in [2.05, 4.69) is 5.32 Å². The standard InChI is InChI=1S/C11H15F3N2S/c1-8-2-3-9(17-8)10(11(12,13)14)16-6-4-15-5-7-16/h2-3,10,15H,4-7H2,1H3/t10-/m0/s1. The number of piperazine rings is 1. The van der Waals surface area contributed by atoms with Gasteiger partial charge in [-0.1, -0.05) is 0 Å². The minimum atomic E-state index is -4.20. The van der Waals surface area contributed by atoms with Crippen molar-refractivity contribution in [2.24, 2.45) is 0 Å². The number of thiophene rings is 1. The van der Waals surface area contributed by atoms with Crippen molar-refractivity contribution in [2.75, 3.05) is 26.2 Å². The lowest BCUT2D eigenvalue weighted by atomic mass is 10.1.